The van der Waals surface area contributed by atoms with Crippen LogP contribution in [0.4, 0.5) is 0 Å². The quantitative estimate of drug-likeness (QED) is 0.710. The number of unbranched alkanes of at least 4 members (excludes halogenated alkanes) is 1. The Hall–Kier alpha value is -0.660. The van der Waals surface area contributed by atoms with E-state index < -0.39 is 16.2 Å². The number of hydrogen-bond acceptors (Lipinski definition) is 3. The van der Waals surface area contributed by atoms with Crippen LogP contribution in [0.25, 0.3) is 0 Å². The fourth-order valence-corrected chi connectivity index (χ4v) is 3.48. The summed E-state index contributed by atoms with van der Waals surface area (Å²) in [5.41, 5.74) is 0. The average Bonchev–Trinajstić information content (AvgIpc) is 2.43. The second-order valence-corrected chi connectivity index (χ2v) is 7.45. The van der Waals surface area contributed by atoms with E-state index in [0.717, 1.165) is 25.7 Å². The standard InChI is InChI=1S/C13H26N2O4S/c1-3-4-9-15(2)20(18,19)14-10-11-5-7-12(8-6-11)13(16)17/h11-12,14H,3-10H2,1-2H3,(H,16,17). The van der Waals surface area contributed by atoms with Crippen LogP contribution in [0.3, 0.4) is 0 Å². The van der Waals surface area contributed by atoms with E-state index in [1.165, 1.54) is 4.31 Å². The van der Waals surface area contributed by atoms with Gasteiger partial charge in [-0.2, -0.15) is 12.7 Å². The van der Waals surface area contributed by atoms with E-state index in [0.29, 0.717) is 25.9 Å². The summed E-state index contributed by atoms with van der Waals surface area (Å²) in [4.78, 5) is 10.8. The molecule has 7 heteroatoms. The number of rotatable bonds is 8. The van der Waals surface area contributed by atoms with Crippen LogP contribution in [-0.2, 0) is 15.0 Å². The third kappa shape index (κ3) is 5.38. The summed E-state index contributed by atoms with van der Waals surface area (Å²) >= 11 is 0. The van der Waals surface area contributed by atoms with Crippen molar-refractivity contribution in [3.63, 3.8) is 0 Å². The maximum Gasteiger partial charge on any atom is 0.306 e. The number of nitrogens with one attached hydrogen (secondary N) is 1. The summed E-state index contributed by atoms with van der Waals surface area (Å²) in [6, 6.07) is 0. The van der Waals surface area contributed by atoms with Gasteiger partial charge in [-0.15, -0.1) is 0 Å². The maximum atomic E-state index is 12.0. The molecular formula is C13H26N2O4S. The molecule has 0 aromatic heterocycles. The van der Waals surface area contributed by atoms with Crippen molar-refractivity contribution in [1.29, 1.82) is 0 Å². The third-order valence-corrected chi connectivity index (χ3v) is 5.52. The summed E-state index contributed by atoms with van der Waals surface area (Å²) in [7, 11) is -1.81. The number of carboxylic acid groups (broad SMARTS) is 1. The first-order valence-electron chi connectivity index (χ1n) is 7.30. The zero-order valence-corrected chi connectivity index (χ0v) is 13.2. The molecule has 0 amide bonds. The minimum atomic E-state index is -3.39. The lowest BCUT2D eigenvalue weighted by molar-refractivity contribution is -0.143. The highest BCUT2D eigenvalue weighted by Crippen LogP contribution is 2.28. The van der Waals surface area contributed by atoms with Gasteiger partial charge in [0.2, 0.25) is 0 Å². The van der Waals surface area contributed by atoms with Gasteiger partial charge in [-0.05, 0) is 38.0 Å². The van der Waals surface area contributed by atoms with E-state index in [2.05, 4.69) is 4.72 Å². The Morgan fingerprint density at radius 2 is 1.90 bits per heavy atom. The van der Waals surface area contributed by atoms with Crippen molar-refractivity contribution in [3.05, 3.63) is 0 Å². The van der Waals surface area contributed by atoms with Gasteiger partial charge in [0, 0.05) is 20.1 Å². The van der Waals surface area contributed by atoms with Crippen LogP contribution in [0.15, 0.2) is 0 Å². The Morgan fingerprint density at radius 3 is 2.40 bits per heavy atom. The van der Waals surface area contributed by atoms with Gasteiger partial charge in [0.1, 0.15) is 0 Å². The molecule has 0 aliphatic heterocycles. The lowest BCUT2D eigenvalue weighted by atomic mass is 9.82. The largest absolute Gasteiger partial charge is 0.481 e. The molecule has 1 fully saturated rings. The first-order valence-corrected chi connectivity index (χ1v) is 8.74. The summed E-state index contributed by atoms with van der Waals surface area (Å²) in [5, 5.41) is 8.92. The van der Waals surface area contributed by atoms with Crippen molar-refractivity contribution in [2.45, 2.75) is 45.4 Å². The minimum Gasteiger partial charge on any atom is -0.481 e. The lowest BCUT2D eigenvalue weighted by Gasteiger charge is -2.27. The Bertz CT molecular complexity index is 403. The molecule has 0 saturated heterocycles. The van der Waals surface area contributed by atoms with Gasteiger partial charge in [-0.25, -0.2) is 4.72 Å². The lowest BCUT2D eigenvalue weighted by Crippen LogP contribution is -2.41. The van der Waals surface area contributed by atoms with Crippen molar-refractivity contribution >= 4 is 16.2 Å². The second-order valence-electron chi connectivity index (χ2n) is 5.58. The fraction of sp³-hybridized carbons (Fsp3) is 0.923. The molecule has 0 atom stereocenters. The highest BCUT2D eigenvalue weighted by molar-refractivity contribution is 7.87. The SMILES string of the molecule is CCCCN(C)S(=O)(=O)NCC1CCC(C(=O)O)CC1. The number of hydrogen-bond donors (Lipinski definition) is 2. The van der Waals surface area contributed by atoms with E-state index in [9.17, 15) is 13.2 Å². The van der Waals surface area contributed by atoms with Crippen LogP contribution in [0.1, 0.15) is 45.4 Å². The Morgan fingerprint density at radius 1 is 1.30 bits per heavy atom. The highest BCUT2D eigenvalue weighted by atomic mass is 32.2. The van der Waals surface area contributed by atoms with Gasteiger partial charge in [-0.3, -0.25) is 4.79 Å². The predicted molar refractivity (Wildman–Crippen MR) is 77.5 cm³/mol. The molecule has 1 rings (SSSR count). The summed E-state index contributed by atoms with van der Waals surface area (Å²) in [6.45, 7) is 2.96. The Kier molecular flexibility index (Phi) is 6.91. The molecule has 0 heterocycles. The Balaban J connectivity index is 2.34. The summed E-state index contributed by atoms with van der Waals surface area (Å²) in [5.74, 6) is -0.738. The minimum absolute atomic E-state index is 0.250. The van der Waals surface area contributed by atoms with Crippen LogP contribution < -0.4 is 4.72 Å². The van der Waals surface area contributed by atoms with E-state index in [4.69, 9.17) is 5.11 Å². The molecule has 0 aromatic carbocycles. The number of carbonyl (C=O) groups is 1. The van der Waals surface area contributed by atoms with Gasteiger partial charge < -0.3 is 5.11 Å². The van der Waals surface area contributed by atoms with E-state index in [1.807, 2.05) is 6.92 Å². The molecule has 0 aromatic rings. The van der Waals surface area contributed by atoms with Crippen LogP contribution in [0.2, 0.25) is 0 Å². The highest BCUT2D eigenvalue weighted by Gasteiger charge is 2.27. The van der Waals surface area contributed by atoms with Gasteiger partial charge in [-0.1, -0.05) is 13.3 Å². The molecule has 2 N–H and O–H groups in total. The third-order valence-electron chi connectivity index (χ3n) is 3.99. The van der Waals surface area contributed by atoms with Crippen molar-refractivity contribution in [2.75, 3.05) is 20.1 Å². The monoisotopic (exact) mass is 306 g/mol. The normalized spacial score (nSPS) is 23.9. The molecule has 20 heavy (non-hydrogen) atoms. The Labute approximate surface area is 121 Å². The molecule has 1 aliphatic rings. The van der Waals surface area contributed by atoms with Gasteiger partial charge in [0.25, 0.3) is 10.2 Å². The number of aliphatic carboxylic acids is 1. The number of carboxylic acids is 1. The number of nitrogens with zero attached hydrogens (tertiary/aromatic N) is 1. The molecular weight excluding hydrogens is 280 g/mol. The molecule has 6 nitrogen and oxygen atoms in total. The molecule has 1 aliphatic carbocycles. The van der Waals surface area contributed by atoms with Crippen LogP contribution in [-0.4, -0.2) is 43.9 Å². The topological polar surface area (TPSA) is 86.7 Å². The van der Waals surface area contributed by atoms with Crippen molar-refractivity contribution in [3.8, 4) is 0 Å². The molecule has 1 saturated carbocycles. The van der Waals surface area contributed by atoms with E-state index in [1.54, 1.807) is 7.05 Å². The van der Waals surface area contributed by atoms with Crippen molar-refractivity contribution in [2.24, 2.45) is 11.8 Å². The van der Waals surface area contributed by atoms with Crippen LogP contribution in [0.5, 0.6) is 0 Å². The van der Waals surface area contributed by atoms with Gasteiger partial charge >= 0.3 is 5.97 Å². The smallest absolute Gasteiger partial charge is 0.306 e. The molecule has 0 bridgehead atoms. The molecule has 0 unspecified atom stereocenters. The van der Waals surface area contributed by atoms with Crippen molar-refractivity contribution in [1.82, 2.24) is 9.03 Å². The zero-order chi connectivity index (χ0) is 15.2. The van der Waals surface area contributed by atoms with Crippen LogP contribution >= 0.6 is 0 Å². The summed E-state index contributed by atoms with van der Waals surface area (Å²) in [6.07, 6.45) is 4.65. The average molecular weight is 306 g/mol. The second kappa shape index (κ2) is 7.95. The van der Waals surface area contributed by atoms with Crippen molar-refractivity contribution < 1.29 is 18.3 Å². The molecule has 0 spiro atoms. The maximum absolute atomic E-state index is 12.0. The molecule has 0 radical (unpaired) electrons. The summed E-state index contributed by atoms with van der Waals surface area (Å²) < 4.78 is 27.9. The first kappa shape index (κ1) is 17.4. The van der Waals surface area contributed by atoms with E-state index in [-0.39, 0.29) is 11.8 Å². The fourth-order valence-electron chi connectivity index (χ4n) is 2.45. The molecule has 118 valence electrons. The first-order chi connectivity index (χ1) is 9.36. The van der Waals surface area contributed by atoms with Crippen LogP contribution in [0, 0.1) is 11.8 Å². The van der Waals surface area contributed by atoms with Gasteiger partial charge in [0.15, 0.2) is 0 Å². The van der Waals surface area contributed by atoms with E-state index >= 15 is 0 Å². The zero-order valence-electron chi connectivity index (χ0n) is 12.3. The predicted octanol–water partition coefficient (Wildman–Crippen LogP) is 1.44. The van der Waals surface area contributed by atoms with Gasteiger partial charge in [0.05, 0.1) is 5.92 Å².